The number of halogens is 1. The lowest BCUT2D eigenvalue weighted by Gasteiger charge is -2.04. The molecule has 2 nitrogen and oxygen atoms in total. The van der Waals surface area contributed by atoms with Gasteiger partial charge in [-0.05, 0) is 18.6 Å². The van der Waals surface area contributed by atoms with Gasteiger partial charge in [0, 0.05) is 5.33 Å². The van der Waals surface area contributed by atoms with E-state index in [1.807, 2.05) is 31.2 Å². The van der Waals surface area contributed by atoms with Crippen LogP contribution in [0.3, 0.4) is 0 Å². The zero-order valence-corrected chi connectivity index (χ0v) is 10.4. The number of aryl methyl sites for hydroxylation is 1. The van der Waals surface area contributed by atoms with Gasteiger partial charge in [0.15, 0.2) is 0 Å². The third-order valence-corrected chi connectivity index (χ3v) is 2.37. The molecule has 0 unspecified atom stereocenters. The first kappa shape index (κ1) is 12.0. The van der Waals surface area contributed by atoms with Gasteiger partial charge in [0.25, 0.3) is 0 Å². The monoisotopic (exact) mass is 268 g/mol. The van der Waals surface area contributed by atoms with E-state index in [1.54, 1.807) is 6.07 Å². The fourth-order valence-electron chi connectivity index (χ4n) is 1.29. The van der Waals surface area contributed by atoms with Crippen LogP contribution >= 0.6 is 15.9 Å². The van der Waals surface area contributed by atoms with E-state index in [0.717, 1.165) is 16.5 Å². The summed E-state index contributed by atoms with van der Waals surface area (Å²) in [4.78, 5) is 11.4. The highest BCUT2D eigenvalue weighted by molar-refractivity contribution is 9.09. The summed E-state index contributed by atoms with van der Waals surface area (Å²) in [6.45, 7) is 1.99. The van der Waals surface area contributed by atoms with Crippen molar-refractivity contribution in [3.8, 4) is 0 Å². The summed E-state index contributed by atoms with van der Waals surface area (Å²) in [5.41, 5.74) is 2.61. The lowest BCUT2D eigenvalue weighted by atomic mass is 10.0. The Morgan fingerprint density at radius 1 is 1.53 bits per heavy atom. The quantitative estimate of drug-likeness (QED) is 0.622. The highest BCUT2D eigenvalue weighted by atomic mass is 79.9. The minimum absolute atomic E-state index is 0.302. The van der Waals surface area contributed by atoms with Crippen molar-refractivity contribution in [2.75, 3.05) is 12.4 Å². The molecule has 0 spiro atoms. The number of alkyl halides is 1. The molecule has 0 bridgehead atoms. The fraction of sp³-hybridized carbons (Fsp3) is 0.250. The van der Waals surface area contributed by atoms with Crippen LogP contribution in [0.2, 0.25) is 0 Å². The summed E-state index contributed by atoms with van der Waals surface area (Å²) >= 11 is 3.30. The van der Waals surface area contributed by atoms with Crippen LogP contribution in [-0.2, 0) is 4.74 Å². The Balaban J connectivity index is 3.14. The molecule has 80 valence electrons. The molecule has 0 atom stereocenters. The largest absolute Gasteiger partial charge is 0.465 e. The van der Waals surface area contributed by atoms with Crippen LogP contribution in [0.15, 0.2) is 24.3 Å². The number of rotatable bonds is 3. The normalized spacial score (nSPS) is 10.6. The predicted molar refractivity (Wildman–Crippen MR) is 65.3 cm³/mol. The second-order valence-electron chi connectivity index (χ2n) is 3.14. The van der Waals surface area contributed by atoms with E-state index in [0.29, 0.717) is 5.56 Å². The van der Waals surface area contributed by atoms with Gasteiger partial charge in [0.1, 0.15) is 0 Å². The predicted octanol–water partition coefficient (Wildman–Crippen LogP) is 3.19. The van der Waals surface area contributed by atoms with Gasteiger partial charge < -0.3 is 4.74 Å². The smallest absolute Gasteiger partial charge is 0.338 e. The zero-order valence-electron chi connectivity index (χ0n) is 8.79. The van der Waals surface area contributed by atoms with Crippen LogP contribution in [-0.4, -0.2) is 18.4 Å². The molecular formula is C12H13BrO2. The number of hydrogen-bond acceptors (Lipinski definition) is 2. The van der Waals surface area contributed by atoms with E-state index < -0.39 is 0 Å². The number of carbonyl (C=O) groups is 1. The van der Waals surface area contributed by atoms with Gasteiger partial charge >= 0.3 is 5.97 Å². The maximum Gasteiger partial charge on any atom is 0.338 e. The summed E-state index contributed by atoms with van der Waals surface area (Å²) in [5, 5.41) is 0.765. The van der Waals surface area contributed by atoms with Crippen LogP contribution in [0.25, 0.3) is 6.08 Å². The molecule has 15 heavy (non-hydrogen) atoms. The van der Waals surface area contributed by atoms with Crippen molar-refractivity contribution in [1.82, 2.24) is 0 Å². The Labute approximate surface area is 98.1 Å². The van der Waals surface area contributed by atoms with Crippen molar-refractivity contribution in [2.45, 2.75) is 6.92 Å². The molecule has 0 aliphatic rings. The second kappa shape index (κ2) is 5.71. The minimum atomic E-state index is -0.302. The molecule has 1 aromatic carbocycles. The molecule has 0 fully saturated rings. The molecule has 3 heteroatoms. The standard InChI is InChI=1S/C12H13BrO2/c1-9-5-6-11(12(14)15-2)10(8-9)4-3-7-13/h3-6,8H,7H2,1-2H3. The highest BCUT2D eigenvalue weighted by Gasteiger charge is 2.09. The van der Waals surface area contributed by atoms with Crippen molar-refractivity contribution in [1.29, 1.82) is 0 Å². The summed E-state index contributed by atoms with van der Waals surface area (Å²) in [5.74, 6) is -0.302. The fourth-order valence-corrected chi connectivity index (χ4v) is 1.47. The molecule has 0 aliphatic heterocycles. The lowest BCUT2D eigenvalue weighted by molar-refractivity contribution is 0.0600. The van der Waals surface area contributed by atoms with Gasteiger partial charge in [0.05, 0.1) is 12.7 Å². The number of esters is 1. The number of benzene rings is 1. The van der Waals surface area contributed by atoms with Crippen LogP contribution < -0.4 is 0 Å². The summed E-state index contributed by atoms with van der Waals surface area (Å²) in [6, 6.07) is 5.65. The lowest BCUT2D eigenvalue weighted by Crippen LogP contribution is -2.03. The highest BCUT2D eigenvalue weighted by Crippen LogP contribution is 2.14. The first-order valence-corrected chi connectivity index (χ1v) is 5.72. The Morgan fingerprint density at radius 3 is 2.87 bits per heavy atom. The van der Waals surface area contributed by atoms with E-state index >= 15 is 0 Å². The Bertz CT molecular complexity index is 383. The van der Waals surface area contributed by atoms with Crippen LogP contribution in [0.1, 0.15) is 21.5 Å². The third-order valence-electron chi connectivity index (χ3n) is 2.00. The number of hydrogen-bond donors (Lipinski definition) is 0. The Hall–Kier alpha value is -1.09. The molecule has 0 aliphatic carbocycles. The molecule has 1 aromatic rings. The second-order valence-corrected chi connectivity index (χ2v) is 3.79. The van der Waals surface area contributed by atoms with Crippen LogP contribution in [0, 0.1) is 6.92 Å². The molecule has 0 aromatic heterocycles. The van der Waals surface area contributed by atoms with E-state index in [2.05, 4.69) is 15.9 Å². The molecule has 0 radical (unpaired) electrons. The molecule has 0 amide bonds. The summed E-state index contributed by atoms with van der Waals surface area (Å²) in [7, 11) is 1.39. The molecule has 1 rings (SSSR count). The average molecular weight is 269 g/mol. The molecule has 0 heterocycles. The third kappa shape index (κ3) is 3.20. The summed E-state index contributed by atoms with van der Waals surface area (Å²) in [6.07, 6.45) is 3.86. The average Bonchev–Trinajstić information content (AvgIpc) is 2.25. The van der Waals surface area contributed by atoms with Crippen molar-refractivity contribution >= 4 is 28.0 Å². The van der Waals surface area contributed by atoms with Crippen molar-refractivity contribution < 1.29 is 9.53 Å². The van der Waals surface area contributed by atoms with E-state index in [-0.39, 0.29) is 5.97 Å². The maximum absolute atomic E-state index is 11.4. The van der Waals surface area contributed by atoms with E-state index in [9.17, 15) is 4.79 Å². The first-order chi connectivity index (χ1) is 7.19. The van der Waals surface area contributed by atoms with Gasteiger partial charge in [-0.15, -0.1) is 0 Å². The van der Waals surface area contributed by atoms with Gasteiger partial charge in [-0.1, -0.05) is 45.8 Å². The first-order valence-electron chi connectivity index (χ1n) is 4.60. The number of ether oxygens (including phenoxy) is 1. The SMILES string of the molecule is COC(=O)c1ccc(C)cc1C=CCBr. The molecule has 0 saturated heterocycles. The van der Waals surface area contributed by atoms with Crippen LogP contribution in [0.5, 0.6) is 0 Å². The maximum atomic E-state index is 11.4. The van der Waals surface area contributed by atoms with Gasteiger partial charge in [-0.3, -0.25) is 0 Å². The van der Waals surface area contributed by atoms with Crippen molar-refractivity contribution in [3.63, 3.8) is 0 Å². The van der Waals surface area contributed by atoms with Crippen molar-refractivity contribution in [2.24, 2.45) is 0 Å². The Morgan fingerprint density at radius 2 is 2.27 bits per heavy atom. The summed E-state index contributed by atoms with van der Waals surface area (Å²) < 4.78 is 4.71. The number of allylic oxidation sites excluding steroid dienone is 1. The Kier molecular flexibility index (Phi) is 4.56. The van der Waals surface area contributed by atoms with Crippen molar-refractivity contribution in [3.05, 3.63) is 41.0 Å². The molecule has 0 saturated carbocycles. The van der Waals surface area contributed by atoms with Crippen LogP contribution in [0.4, 0.5) is 0 Å². The topological polar surface area (TPSA) is 26.3 Å². The number of methoxy groups -OCH3 is 1. The van der Waals surface area contributed by atoms with Gasteiger partial charge in [-0.25, -0.2) is 4.79 Å². The van der Waals surface area contributed by atoms with Gasteiger partial charge in [0.2, 0.25) is 0 Å². The molecular weight excluding hydrogens is 256 g/mol. The minimum Gasteiger partial charge on any atom is -0.465 e. The molecule has 0 N–H and O–H groups in total. The van der Waals surface area contributed by atoms with E-state index in [1.165, 1.54) is 7.11 Å². The zero-order chi connectivity index (χ0) is 11.3. The van der Waals surface area contributed by atoms with E-state index in [4.69, 9.17) is 4.74 Å². The van der Waals surface area contributed by atoms with Gasteiger partial charge in [-0.2, -0.15) is 0 Å². The number of carbonyl (C=O) groups excluding carboxylic acids is 1.